The lowest BCUT2D eigenvalue weighted by Crippen LogP contribution is -2.35. The molecule has 0 amide bonds. The lowest BCUT2D eigenvalue weighted by atomic mass is 10.0. The van der Waals surface area contributed by atoms with Gasteiger partial charge in [-0.05, 0) is 24.1 Å². The predicted molar refractivity (Wildman–Crippen MR) is 78.2 cm³/mol. The van der Waals surface area contributed by atoms with Crippen LogP contribution in [0.1, 0.15) is 12.0 Å². The maximum atomic E-state index is 5.89. The van der Waals surface area contributed by atoms with Crippen LogP contribution in [-0.2, 0) is 22.4 Å². The lowest BCUT2D eigenvalue weighted by molar-refractivity contribution is -0.171. The number of nitrogens with zero attached hydrogens (tertiary/aromatic N) is 2. The summed E-state index contributed by atoms with van der Waals surface area (Å²) in [4.78, 5) is 4.07. The summed E-state index contributed by atoms with van der Waals surface area (Å²) < 4.78 is 18.9. The highest BCUT2D eigenvalue weighted by molar-refractivity contribution is 5.27. The van der Waals surface area contributed by atoms with Gasteiger partial charge < -0.3 is 18.8 Å². The van der Waals surface area contributed by atoms with Crippen molar-refractivity contribution < 1.29 is 14.2 Å². The Hall–Kier alpha value is -1.85. The highest BCUT2D eigenvalue weighted by Gasteiger charge is 2.36. The first-order valence-electron chi connectivity index (χ1n) is 7.16. The van der Waals surface area contributed by atoms with E-state index in [1.54, 1.807) is 19.6 Å². The zero-order valence-electron chi connectivity index (χ0n) is 12.2. The van der Waals surface area contributed by atoms with E-state index in [-0.39, 0.29) is 0 Å². The van der Waals surface area contributed by atoms with Crippen molar-refractivity contribution in [3.05, 3.63) is 48.5 Å². The Morgan fingerprint density at radius 1 is 1.24 bits per heavy atom. The van der Waals surface area contributed by atoms with Gasteiger partial charge in [-0.15, -0.1) is 0 Å². The average Bonchev–Trinajstić information content (AvgIpc) is 3.19. The standard InChI is InChI=1S/C16H20N2O3/c1-19-15-4-2-14(3-5-15)6-7-16(20-10-11-21-16)12-18-9-8-17-13-18/h2-5,8-9,13H,6-7,10-12H2,1H3. The summed E-state index contributed by atoms with van der Waals surface area (Å²) in [6.45, 7) is 1.97. The SMILES string of the molecule is COc1ccc(CCC2(Cn3ccnc3)OCCO2)cc1. The van der Waals surface area contributed by atoms with Crippen LogP contribution < -0.4 is 4.74 Å². The van der Waals surface area contributed by atoms with Gasteiger partial charge in [-0.25, -0.2) is 4.98 Å². The molecule has 5 nitrogen and oxygen atoms in total. The van der Waals surface area contributed by atoms with Gasteiger partial charge in [0, 0.05) is 18.8 Å². The van der Waals surface area contributed by atoms with Crippen LogP contribution in [0.3, 0.4) is 0 Å². The fourth-order valence-electron chi connectivity index (χ4n) is 2.60. The number of imidazole rings is 1. The molecule has 1 aromatic carbocycles. The van der Waals surface area contributed by atoms with E-state index in [0.717, 1.165) is 18.6 Å². The maximum absolute atomic E-state index is 5.89. The second kappa shape index (κ2) is 6.28. The molecule has 5 heteroatoms. The molecule has 2 aromatic rings. The molecule has 2 heterocycles. The molecular formula is C16H20N2O3. The molecule has 0 N–H and O–H groups in total. The number of hydrogen-bond donors (Lipinski definition) is 0. The Balaban J connectivity index is 1.64. The minimum atomic E-state index is -0.541. The van der Waals surface area contributed by atoms with Gasteiger partial charge in [0.15, 0.2) is 5.79 Å². The normalized spacial score (nSPS) is 17.0. The highest BCUT2D eigenvalue weighted by atomic mass is 16.7. The van der Waals surface area contributed by atoms with Crippen molar-refractivity contribution in [2.24, 2.45) is 0 Å². The van der Waals surface area contributed by atoms with E-state index in [1.165, 1.54) is 5.56 Å². The van der Waals surface area contributed by atoms with Crippen LogP contribution in [0.4, 0.5) is 0 Å². The van der Waals surface area contributed by atoms with E-state index in [4.69, 9.17) is 14.2 Å². The molecule has 0 aliphatic carbocycles. The molecule has 21 heavy (non-hydrogen) atoms. The molecule has 0 spiro atoms. The van der Waals surface area contributed by atoms with Gasteiger partial charge in [0.25, 0.3) is 0 Å². The maximum Gasteiger partial charge on any atom is 0.186 e. The Labute approximate surface area is 124 Å². The molecule has 1 fully saturated rings. The number of aryl methyl sites for hydroxylation is 1. The van der Waals surface area contributed by atoms with Crippen LogP contribution in [0, 0.1) is 0 Å². The molecule has 112 valence electrons. The molecule has 1 aromatic heterocycles. The predicted octanol–water partition coefficient (Wildman–Crippen LogP) is 2.27. The summed E-state index contributed by atoms with van der Waals surface area (Å²) in [6, 6.07) is 8.12. The van der Waals surface area contributed by atoms with Gasteiger partial charge in [0.2, 0.25) is 0 Å². The number of ether oxygens (including phenoxy) is 3. The first-order chi connectivity index (χ1) is 10.3. The highest BCUT2D eigenvalue weighted by Crippen LogP contribution is 2.27. The van der Waals surface area contributed by atoms with Crippen LogP contribution in [-0.4, -0.2) is 35.7 Å². The largest absolute Gasteiger partial charge is 0.497 e. The van der Waals surface area contributed by atoms with E-state index < -0.39 is 5.79 Å². The van der Waals surface area contributed by atoms with Crippen molar-refractivity contribution in [1.29, 1.82) is 0 Å². The van der Waals surface area contributed by atoms with Gasteiger partial charge >= 0.3 is 0 Å². The fraction of sp³-hybridized carbons (Fsp3) is 0.438. The minimum Gasteiger partial charge on any atom is -0.497 e. The second-order valence-corrected chi connectivity index (χ2v) is 5.19. The van der Waals surface area contributed by atoms with Crippen molar-refractivity contribution in [1.82, 2.24) is 9.55 Å². The summed E-state index contributed by atoms with van der Waals surface area (Å²) >= 11 is 0. The fourth-order valence-corrected chi connectivity index (χ4v) is 2.60. The molecule has 0 saturated carbocycles. The van der Waals surface area contributed by atoms with E-state index >= 15 is 0 Å². The third-order valence-electron chi connectivity index (χ3n) is 3.75. The smallest absolute Gasteiger partial charge is 0.186 e. The van der Waals surface area contributed by atoms with Gasteiger partial charge in [-0.3, -0.25) is 0 Å². The average molecular weight is 288 g/mol. The number of rotatable bonds is 6. The number of aromatic nitrogens is 2. The molecule has 1 saturated heterocycles. The van der Waals surface area contributed by atoms with E-state index in [9.17, 15) is 0 Å². The summed E-state index contributed by atoms with van der Waals surface area (Å²) in [6.07, 6.45) is 7.21. The zero-order chi connectivity index (χ0) is 14.5. The van der Waals surface area contributed by atoms with E-state index in [0.29, 0.717) is 19.8 Å². The third kappa shape index (κ3) is 3.43. The Kier molecular flexibility index (Phi) is 4.22. The third-order valence-corrected chi connectivity index (χ3v) is 3.75. The summed E-state index contributed by atoms with van der Waals surface area (Å²) in [5, 5.41) is 0. The molecule has 3 rings (SSSR count). The molecular weight excluding hydrogens is 268 g/mol. The monoisotopic (exact) mass is 288 g/mol. The van der Waals surface area contributed by atoms with Crippen molar-refractivity contribution in [2.75, 3.05) is 20.3 Å². The summed E-state index contributed by atoms with van der Waals surface area (Å²) in [5.74, 6) is 0.334. The first kappa shape index (κ1) is 14.1. The van der Waals surface area contributed by atoms with Crippen LogP contribution in [0.25, 0.3) is 0 Å². The zero-order valence-corrected chi connectivity index (χ0v) is 12.2. The minimum absolute atomic E-state index is 0.541. The molecule has 1 aliphatic rings. The first-order valence-corrected chi connectivity index (χ1v) is 7.16. The number of hydrogen-bond acceptors (Lipinski definition) is 4. The number of benzene rings is 1. The summed E-state index contributed by atoms with van der Waals surface area (Å²) in [5.41, 5.74) is 1.25. The van der Waals surface area contributed by atoms with Gasteiger partial charge in [-0.1, -0.05) is 12.1 Å². The van der Waals surface area contributed by atoms with Crippen LogP contribution in [0.5, 0.6) is 5.75 Å². The van der Waals surface area contributed by atoms with E-state index in [2.05, 4.69) is 17.1 Å². The quantitative estimate of drug-likeness (QED) is 0.818. The van der Waals surface area contributed by atoms with Gasteiger partial charge in [-0.2, -0.15) is 0 Å². The van der Waals surface area contributed by atoms with Crippen molar-refractivity contribution in [2.45, 2.75) is 25.2 Å². The van der Waals surface area contributed by atoms with Crippen molar-refractivity contribution >= 4 is 0 Å². The topological polar surface area (TPSA) is 45.5 Å². The van der Waals surface area contributed by atoms with E-state index in [1.807, 2.05) is 22.9 Å². The van der Waals surface area contributed by atoms with Crippen molar-refractivity contribution in [3.63, 3.8) is 0 Å². The molecule has 1 aliphatic heterocycles. The van der Waals surface area contributed by atoms with Gasteiger partial charge in [0.05, 0.1) is 33.2 Å². The second-order valence-electron chi connectivity index (χ2n) is 5.19. The Morgan fingerprint density at radius 3 is 2.62 bits per heavy atom. The van der Waals surface area contributed by atoms with Crippen LogP contribution >= 0.6 is 0 Å². The molecule has 0 atom stereocenters. The lowest BCUT2D eigenvalue weighted by Gasteiger charge is -2.27. The molecule has 0 bridgehead atoms. The number of methoxy groups -OCH3 is 1. The Bertz CT molecular complexity index is 545. The van der Waals surface area contributed by atoms with Gasteiger partial charge in [0.1, 0.15) is 5.75 Å². The van der Waals surface area contributed by atoms with Crippen LogP contribution in [0.2, 0.25) is 0 Å². The summed E-state index contributed by atoms with van der Waals surface area (Å²) in [7, 11) is 1.68. The Morgan fingerprint density at radius 2 is 2.00 bits per heavy atom. The van der Waals surface area contributed by atoms with Crippen molar-refractivity contribution in [3.8, 4) is 5.75 Å². The molecule has 0 radical (unpaired) electrons. The molecule has 0 unspecified atom stereocenters. The van der Waals surface area contributed by atoms with Crippen LogP contribution in [0.15, 0.2) is 43.0 Å².